The molecule has 2 amide bonds. The molecular weight excluding hydrogens is 488 g/mol. The summed E-state index contributed by atoms with van der Waals surface area (Å²) < 4.78 is 27.8. The zero-order valence-electron chi connectivity index (χ0n) is 21.5. The summed E-state index contributed by atoms with van der Waals surface area (Å²) in [6.45, 7) is 5.34. The van der Waals surface area contributed by atoms with Gasteiger partial charge < -0.3 is 28.6 Å². The van der Waals surface area contributed by atoms with Crippen molar-refractivity contribution in [3.8, 4) is 5.75 Å². The Morgan fingerprint density at radius 3 is 1.79 bits per heavy atom. The Balaban J connectivity index is 1.45. The zero-order valence-corrected chi connectivity index (χ0v) is 21.5. The van der Waals surface area contributed by atoms with Gasteiger partial charge in [0.15, 0.2) is 0 Å². The van der Waals surface area contributed by atoms with E-state index < -0.39 is 0 Å². The van der Waals surface area contributed by atoms with E-state index in [2.05, 4.69) is 4.90 Å². The highest BCUT2D eigenvalue weighted by atomic mass is 16.6. The molecule has 0 atom stereocenters. The van der Waals surface area contributed by atoms with Crippen LogP contribution in [0.4, 0.5) is 11.4 Å². The zero-order chi connectivity index (χ0) is 26.3. The molecule has 9 nitrogen and oxygen atoms in total. The maximum absolute atomic E-state index is 13.6. The van der Waals surface area contributed by atoms with Gasteiger partial charge in [0.2, 0.25) is 0 Å². The first kappa shape index (κ1) is 26.1. The van der Waals surface area contributed by atoms with Gasteiger partial charge in [0.25, 0.3) is 11.8 Å². The molecule has 3 aromatic carbocycles. The number of nitrogens with zero attached hydrogens (tertiary/aromatic N) is 2. The number of amides is 2. The van der Waals surface area contributed by atoms with Crippen molar-refractivity contribution in [3.63, 3.8) is 0 Å². The van der Waals surface area contributed by atoms with E-state index in [-0.39, 0.29) is 11.8 Å². The molecule has 0 spiro atoms. The third-order valence-electron chi connectivity index (χ3n) is 6.68. The van der Waals surface area contributed by atoms with Gasteiger partial charge in [-0.05, 0) is 42.5 Å². The summed E-state index contributed by atoms with van der Waals surface area (Å²) in [7, 11) is 1.57. The fourth-order valence-corrected chi connectivity index (χ4v) is 4.79. The lowest BCUT2D eigenvalue weighted by atomic mass is 9.92. The van der Waals surface area contributed by atoms with Crippen LogP contribution in [0.15, 0.2) is 54.6 Å². The summed E-state index contributed by atoms with van der Waals surface area (Å²) in [5, 5.41) is 1.52. The lowest BCUT2D eigenvalue weighted by molar-refractivity contribution is 0.00206. The third-order valence-corrected chi connectivity index (χ3v) is 6.68. The molecule has 0 bridgehead atoms. The number of ether oxygens (including phenoxy) is 5. The van der Waals surface area contributed by atoms with Gasteiger partial charge in [-0.1, -0.05) is 12.1 Å². The van der Waals surface area contributed by atoms with Crippen LogP contribution >= 0.6 is 0 Å². The molecule has 0 saturated carbocycles. The van der Waals surface area contributed by atoms with Crippen molar-refractivity contribution in [1.82, 2.24) is 0 Å². The van der Waals surface area contributed by atoms with Crippen molar-refractivity contribution in [3.05, 3.63) is 65.7 Å². The highest BCUT2D eigenvalue weighted by Crippen LogP contribution is 2.37. The van der Waals surface area contributed by atoms with Crippen LogP contribution in [-0.4, -0.2) is 84.9 Å². The second-order valence-electron chi connectivity index (χ2n) is 8.94. The molecule has 0 radical (unpaired) electrons. The molecule has 2 aliphatic heterocycles. The van der Waals surface area contributed by atoms with Gasteiger partial charge in [0.05, 0.1) is 65.7 Å². The summed E-state index contributed by atoms with van der Waals surface area (Å²) in [5.41, 5.74) is 2.42. The first-order valence-corrected chi connectivity index (χ1v) is 12.8. The molecule has 9 heteroatoms. The molecule has 2 heterocycles. The average Bonchev–Trinajstić information content (AvgIpc) is 2.96. The first-order chi connectivity index (χ1) is 18.7. The van der Waals surface area contributed by atoms with Crippen molar-refractivity contribution in [1.29, 1.82) is 0 Å². The van der Waals surface area contributed by atoms with Crippen LogP contribution < -0.4 is 14.5 Å². The van der Waals surface area contributed by atoms with Crippen LogP contribution in [0.3, 0.4) is 0 Å². The van der Waals surface area contributed by atoms with E-state index in [0.29, 0.717) is 93.9 Å². The topological polar surface area (TPSA) is 86.8 Å². The van der Waals surface area contributed by atoms with Crippen LogP contribution in [0, 0.1) is 0 Å². The SMILES string of the molecule is COc1ccc(N2C(=O)c3cccc4c(N5CCOCCOCCOCCOCC5)ccc(c34)C2=O)cc1. The van der Waals surface area contributed by atoms with Gasteiger partial charge in [-0.3, -0.25) is 9.59 Å². The Kier molecular flexibility index (Phi) is 8.50. The molecule has 2 aliphatic rings. The summed E-state index contributed by atoms with van der Waals surface area (Å²) in [6.07, 6.45) is 0. The predicted octanol–water partition coefficient (Wildman–Crippen LogP) is 3.54. The second kappa shape index (κ2) is 12.4. The summed E-state index contributed by atoms with van der Waals surface area (Å²) in [5.74, 6) is -0.0445. The maximum atomic E-state index is 13.6. The molecule has 0 aromatic heterocycles. The Bertz CT molecular complexity index is 1240. The van der Waals surface area contributed by atoms with Gasteiger partial charge >= 0.3 is 0 Å². The monoisotopic (exact) mass is 520 g/mol. The number of methoxy groups -OCH3 is 1. The number of hydrogen-bond acceptors (Lipinski definition) is 8. The standard InChI is InChI=1S/C29H32N2O7/c1-34-22-7-5-21(6-8-22)31-28(32)24-4-2-3-23-26(10-9-25(27(23)24)29(31)33)30-11-13-35-15-17-37-19-20-38-18-16-36-14-12-30/h2-10H,11-20H2,1H3. The quantitative estimate of drug-likeness (QED) is 0.485. The number of carbonyl (C=O) groups is 2. The smallest absolute Gasteiger partial charge is 0.265 e. The molecule has 1 fully saturated rings. The fraction of sp³-hybridized carbons (Fsp3) is 0.379. The number of imide groups is 1. The summed E-state index contributed by atoms with van der Waals surface area (Å²) in [6, 6.07) is 16.3. The minimum atomic E-state index is -0.348. The molecule has 0 aliphatic carbocycles. The molecule has 200 valence electrons. The number of anilines is 2. The molecule has 1 saturated heterocycles. The van der Waals surface area contributed by atoms with Crippen molar-refractivity contribution in [2.45, 2.75) is 0 Å². The van der Waals surface area contributed by atoms with Gasteiger partial charge in [-0.25, -0.2) is 4.90 Å². The van der Waals surface area contributed by atoms with E-state index in [1.54, 1.807) is 37.4 Å². The number of rotatable bonds is 3. The van der Waals surface area contributed by atoms with Crippen molar-refractivity contribution in [2.24, 2.45) is 0 Å². The minimum Gasteiger partial charge on any atom is -0.497 e. The normalized spacial score (nSPS) is 18.2. The van der Waals surface area contributed by atoms with Gasteiger partial charge in [-0.2, -0.15) is 0 Å². The molecule has 0 unspecified atom stereocenters. The van der Waals surface area contributed by atoms with Crippen molar-refractivity contribution in [2.75, 3.05) is 82.9 Å². The fourth-order valence-electron chi connectivity index (χ4n) is 4.79. The predicted molar refractivity (Wildman–Crippen MR) is 144 cm³/mol. The van der Waals surface area contributed by atoms with Crippen LogP contribution in [0.1, 0.15) is 20.7 Å². The lowest BCUT2D eigenvalue weighted by Gasteiger charge is -2.30. The van der Waals surface area contributed by atoms with Crippen molar-refractivity contribution >= 4 is 34.0 Å². The molecular formula is C29H32N2O7. The number of hydrogen-bond donors (Lipinski definition) is 0. The van der Waals surface area contributed by atoms with Gasteiger partial charge in [0.1, 0.15) is 5.75 Å². The number of carbonyl (C=O) groups excluding carboxylic acids is 2. The van der Waals surface area contributed by atoms with Crippen LogP contribution in [0.25, 0.3) is 10.8 Å². The van der Waals surface area contributed by atoms with Crippen molar-refractivity contribution < 1.29 is 33.3 Å². The minimum absolute atomic E-state index is 0.348. The lowest BCUT2D eigenvalue weighted by Crippen LogP contribution is -2.40. The van der Waals surface area contributed by atoms with Crippen LogP contribution in [-0.2, 0) is 18.9 Å². The summed E-state index contributed by atoms with van der Waals surface area (Å²) >= 11 is 0. The van der Waals surface area contributed by atoms with Gasteiger partial charge in [-0.15, -0.1) is 0 Å². The molecule has 3 aromatic rings. The highest BCUT2D eigenvalue weighted by Gasteiger charge is 2.34. The molecule has 38 heavy (non-hydrogen) atoms. The van der Waals surface area contributed by atoms with Gasteiger partial charge in [0, 0.05) is 40.7 Å². The third kappa shape index (κ3) is 5.51. The Morgan fingerprint density at radius 1 is 0.658 bits per heavy atom. The van der Waals surface area contributed by atoms with Crippen LogP contribution in [0.5, 0.6) is 5.75 Å². The van der Waals surface area contributed by atoms with E-state index >= 15 is 0 Å². The average molecular weight is 521 g/mol. The molecule has 0 N–H and O–H groups in total. The maximum Gasteiger partial charge on any atom is 0.265 e. The second-order valence-corrected chi connectivity index (χ2v) is 8.94. The number of benzene rings is 3. The Morgan fingerprint density at radius 2 is 1.21 bits per heavy atom. The first-order valence-electron chi connectivity index (χ1n) is 12.8. The van der Waals surface area contributed by atoms with E-state index in [1.807, 2.05) is 24.3 Å². The highest BCUT2D eigenvalue weighted by molar-refractivity contribution is 6.36. The van der Waals surface area contributed by atoms with E-state index in [1.165, 1.54) is 4.90 Å². The van der Waals surface area contributed by atoms with E-state index in [9.17, 15) is 9.59 Å². The Labute approximate surface area is 221 Å². The molecule has 5 rings (SSSR count). The van der Waals surface area contributed by atoms with E-state index in [0.717, 1.165) is 11.1 Å². The largest absolute Gasteiger partial charge is 0.497 e. The summed E-state index contributed by atoms with van der Waals surface area (Å²) in [4.78, 5) is 30.6. The van der Waals surface area contributed by atoms with E-state index in [4.69, 9.17) is 23.7 Å². The Hall–Kier alpha value is -3.50. The van der Waals surface area contributed by atoms with Crippen LogP contribution in [0.2, 0.25) is 0 Å².